The Balaban J connectivity index is 1.88. The quantitative estimate of drug-likeness (QED) is 0.677. The summed E-state index contributed by atoms with van der Waals surface area (Å²) in [6, 6.07) is 0. The molecular formula is C15H27NO3. The first-order valence-corrected chi connectivity index (χ1v) is 7.29. The Morgan fingerprint density at radius 2 is 1.68 bits per heavy atom. The molecule has 0 aromatic rings. The number of ether oxygens (including phenoxy) is 2. The fraction of sp³-hybridized carbons (Fsp3) is 0.933. The molecule has 2 aliphatic heterocycles. The lowest BCUT2D eigenvalue weighted by Crippen LogP contribution is -2.48. The zero-order valence-corrected chi connectivity index (χ0v) is 12.9. The number of hydrogen-bond acceptors (Lipinski definition) is 3. The summed E-state index contributed by atoms with van der Waals surface area (Å²) in [5.41, 5.74) is -0.422. The van der Waals surface area contributed by atoms with Crippen molar-refractivity contribution in [2.45, 2.75) is 77.1 Å². The molecule has 0 saturated carbocycles. The zero-order chi connectivity index (χ0) is 14.3. The van der Waals surface area contributed by atoms with Gasteiger partial charge in [-0.15, -0.1) is 0 Å². The highest BCUT2D eigenvalue weighted by Gasteiger charge is 2.46. The van der Waals surface area contributed by atoms with Gasteiger partial charge in [-0.2, -0.15) is 0 Å². The second-order valence-electron chi connectivity index (χ2n) is 7.51. The van der Waals surface area contributed by atoms with E-state index in [1.165, 1.54) is 0 Å². The van der Waals surface area contributed by atoms with Crippen LogP contribution in [0.15, 0.2) is 0 Å². The van der Waals surface area contributed by atoms with Gasteiger partial charge in [-0.05, 0) is 60.3 Å². The fourth-order valence-electron chi connectivity index (χ4n) is 2.99. The van der Waals surface area contributed by atoms with E-state index in [0.29, 0.717) is 0 Å². The van der Waals surface area contributed by atoms with Gasteiger partial charge in [0.15, 0.2) is 0 Å². The summed E-state index contributed by atoms with van der Waals surface area (Å²) in [6.45, 7) is 11.5. The topological polar surface area (TPSA) is 38.8 Å². The van der Waals surface area contributed by atoms with Crippen molar-refractivity contribution in [3.63, 3.8) is 0 Å². The highest BCUT2D eigenvalue weighted by molar-refractivity contribution is 5.68. The first-order valence-electron chi connectivity index (χ1n) is 7.29. The Labute approximate surface area is 116 Å². The summed E-state index contributed by atoms with van der Waals surface area (Å²) in [7, 11) is 0. The minimum absolute atomic E-state index is 0.00200. The molecule has 2 aliphatic rings. The van der Waals surface area contributed by atoms with Crippen LogP contribution >= 0.6 is 0 Å². The molecule has 4 heteroatoms. The smallest absolute Gasteiger partial charge is 0.410 e. The van der Waals surface area contributed by atoms with Gasteiger partial charge < -0.3 is 14.4 Å². The van der Waals surface area contributed by atoms with Crippen molar-refractivity contribution in [1.29, 1.82) is 0 Å². The van der Waals surface area contributed by atoms with Crippen LogP contribution < -0.4 is 0 Å². The van der Waals surface area contributed by atoms with Crippen molar-refractivity contribution in [2.75, 3.05) is 13.1 Å². The Morgan fingerprint density at radius 3 is 2.11 bits per heavy atom. The minimum Gasteiger partial charge on any atom is -0.444 e. The first-order chi connectivity index (χ1) is 8.61. The molecule has 4 nitrogen and oxygen atoms in total. The van der Waals surface area contributed by atoms with Crippen molar-refractivity contribution in [1.82, 2.24) is 4.90 Å². The van der Waals surface area contributed by atoms with E-state index in [0.717, 1.165) is 38.8 Å². The van der Waals surface area contributed by atoms with Crippen LogP contribution in [0.3, 0.4) is 0 Å². The van der Waals surface area contributed by atoms with Gasteiger partial charge in [-0.3, -0.25) is 0 Å². The molecule has 1 amide bonds. The van der Waals surface area contributed by atoms with Crippen molar-refractivity contribution < 1.29 is 14.3 Å². The Hall–Kier alpha value is -0.770. The van der Waals surface area contributed by atoms with E-state index < -0.39 is 5.60 Å². The Morgan fingerprint density at radius 1 is 1.11 bits per heavy atom. The normalized spacial score (nSPS) is 25.6. The van der Waals surface area contributed by atoms with Gasteiger partial charge in [0, 0.05) is 13.1 Å². The van der Waals surface area contributed by atoms with E-state index in [1.807, 2.05) is 25.7 Å². The Kier molecular flexibility index (Phi) is 3.58. The minimum atomic E-state index is -0.419. The second kappa shape index (κ2) is 4.65. The van der Waals surface area contributed by atoms with E-state index >= 15 is 0 Å². The van der Waals surface area contributed by atoms with Gasteiger partial charge >= 0.3 is 6.09 Å². The largest absolute Gasteiger partial charge is 0.444 e. The van der Waals surface area contributed by atoms with Gasteiger partial charge in [0.25, 0.3) is 0 Å². The predicted octanol–water partition coefficient (Wildman–Crippen LogP) is 3.35. The number of piperidine rings is 1. The van der Waals surface area contributed by atoms with Crippen LogP contribution in [-0.2, 0) is 9.47 Å². The molecule has 2 heterocycles. The highest BCUT2D eigenvalue weighted by Crippen LogP contribution is 2.43. The molecule has 2 saturated heterocycles. The molecule has 1 spiro atoms. The molecule has 0 atom stereocenters. The maximum absolute atomic E-state index is 12.0. The van der Waals surface area contributed by atoms with Gasteiger partial charge in [0.2, 0.25) is 0 Å². The fourth-order valence-corrected chi connectivity index (χ4v) is 2.99. The van der Waals surface area contributed by atoms with Gasteiger partial charge in [-0.25, -0.2) is 4.79 Å². The molecule has 0 radical (unpaired) electrons. The molecule has 2 rings (SSSR count). The molecule has 2 fully saturated rings. The third kappa shape index (κ3) is 3.62. The van der Waals surface area contributed by atoms with Gasteiger partial charge in [0.05, 0.1) is 11.2 Å². The molecule has 0 aromatic carbocycles. The third-order valence-corrected chi connectivity index (χ3v) is 4.00. The Bertz CT molecular complexity index is 349. The van der Waals surface area contributed by atoms with Crippen LogP contribution in [0.5, 0.6) is 0 Å². The maximum Gasteiger partial charge on any atom is 0.410 e. The molecule has 0 aliphatic carbocycles. The lowest BCUT2D eigenvalue weighted by Gasteiger charge is -2.40. The second-order valence-corrected chi connectivity index (χ2v) is 7.51. The van der Waals surface area contributed by atoms with E-state index in [1.54, 1.807) is 0 Å². The monoisotopic (exact) mass is 269 g/mol. The van der Waals surface area contributed by atoms with Crippen molar-refractivity contribution >= 4 is 6.09 Å². The van der Waals surface area contributed by atoms with E-state index in [9.17, 15) is 4.79 Å². The molecule has 110 valence electrons. The lowest BCUT2D eigenvalue weighted by atomic mass is 9.88. The van der Waals surface area contributed by atoms with E-state index in [2.05, 4.69) is 13.8 Å². The number of nitrogens with zero attached hydrogens (tertiary/aromatic N) is 1. The van der Waals surface area contributed by atoms with Crippen molar-refractivity contribution in [3.05, 3.63) is 0 Å². The number of rotatable bonds is 0. The average molecular weight is 269 g/mol. The van der Waals surface area contributed by atoms with Crippen LogP contribution in [0.1, 0.15) is 60.3 Å². The summed E-state index contributed by atoms with van der Waals surface area (Å²) in [5, 5.41) is 0. The molecule has 19 heavy (non-hydrogen) atoms. The third-order valence-electron chi connectivity index (χ3n) is 4.00. The molecule has 0 aromatic heterocycles. The number of hydrogen-bond donors (Lipinski definition) is 0. The lowest BCUT2D eigenvalue weighted by molar-refractivity contribution is -0.111. The number of likely N-dealkylation sites (tertiary alicyclic amines) is 1. The molecule has 0 bridgehead atoms. The van der Waals surface area contributed by atoms with Gasteiger partial charge in [-0.1, -0.05) is 0 Å². The summed E-state index contributed by atoms with van der Waals surface area (Å²) < 4.78 is 11.6. The SMILES string of the molecule is CC(C)(C)OC(=O)N1CCC2(CC1)CCC(C)(C)O2. The van der Waals surface area contributed by atoms with Crippen molar-refractivity contribution in [3.8, 4) is 0 Å². The van der Waals surface area contributed by atoms with E-state index in [4.69, 9.17) is 9.47 Å². The standard InChI is InChI=1S/C15H27NO3/c1-13(2,3)18-12(17)16-10-8-15(9-11-16)7-6-14(4,5)19-15/h6-11H2,1-5H3. The van der Waals surface area contributed by atoms with Crippen LogP contribution in [0, 0.1) is 0 Å². The summed E-state index contributed by atoms with van der Waals surface area (Å²) in [6.07, 6.45) is 3.88. The van der Waals surface area contributed by atoms with E-state index in [-0.39, 0.29) is 17.3 Å². The first kappa shape index (κ1) is 14.6. The van der Waals surface area contributed by atoms with Crippen LogP contribution in [0.4, 0.5) is 4.79 Å². The van der Waals surface area contributed by atoms with Crippen LogP contribution in [0.2, 0.25) is 0 Å². The molecular weight excluding hydrogens is 242 g/mol. The number of amides is 1. The van der Waals surface area contributed by atoms with Gasteiger partial charge in [0.1, 0.15) is 5.60 Å². The number of carbonyl (C=O) groups excluding carboxylic acids is 1. The summed E-state index contributed by atoms with van der Waals surface area (Å²) in [5.74, 6) is 0. The van der Waals surface area contributed by atoms with Crippen LogP contribution in [0.25, 0.3) is 0 Å². The summed E-state index contributed by atoms with van der Waals surface area (Å²) >= 11 is 0. The predicted molar refractivity (Wildman–Crippen MR) is 74.2 cm³/mol. The summed E-state index contributed by atoms with van der Waals surface area (Å²) in [4.78, 5) is 13.8. The van der Waals surface area contributed by atoms with Crippen LogP contribution in [-0.4, -0.2) is 40.9 Å². The zero-order valence-electron chi connectivity index (χ0n) is 12.9. The number of carbonyl (C=O) groups is 1. The molecule has 0 N–H and O–H groups in total. The van der Waals surface area contributed by atoms with Crippen molar-refractivity contribution in [2.24, 2.45) is 0 Å². The highest BCUT2D eigenvalue weighted by atomic mass is 16.6. The molecule has 0 unspecified atom stereocenters. The maximum atomic E-state index is 12.0. The average Bonchev–Trinajstić information content (AvgIpc) is 2.53.